The Bertz CT molecular complexity index is 467. The highest BCUT2D eigenvalue weighted by atomic mass is 16.6. The normalized spacial score (nSPS) is 11.8. The van der Waals surface area contributed by atoms with Crippen molar-refractivity contribution in [2.75, 3.05) is 6.54 Å². The van der Waals surface area contributed by atoms with E-state index in [9.17, 15) is 15.2 Å². The molecule has 0 aromatic heterocycles. The number of hydrogen-bond donors (Lipinski definition) is 3. The molecule has 0 unspecified atom stereocenters. The Kier molecular flexibility index (Phi) is 3.40. The van der Waals surface area contributed by atoms with Gasteiger partial charge < -0.3 is 16.6 Å². The monoisotopic (exact) mass is 222 g/mol. The molecule has 0 aliphatic rings. The second-order valence-electron chi connectivity index (χ2n) is 3.14. The molecule has 0 amide bonds. The first kappa shape index (κ1) is 11.9. The average Bonchev–Trinajstić information content (AvgIpc) is 2.28. The second kappa shape index (κ2) is 4.57. The quantitative estimate of drug-likeness (QED) is 0.490. The van der Waals surface area contributed by atoms with Gasteiger partial charge in [-0.05, 0) is 6.07 Å². The number of phenols is 1. The van der Waals surface area contributed by atoms with E-state index in [-0.39, 0.29) is 17.7 Å². The number of nitrogens with zero attached hydrogens (tertiary/aromatic N) is 2. The number of nitro groups is 1. The van der Waals surface area contributed by atoms with E-state index in [4.69, 9.17) is 16.7 Å². The van der Waals surface area contributed by atoms with Gasteiger partial charge in [0.2, 0.25) is 0 Å². The van der Waals surface area contributed by atoms with E-state index in [1.165, 1.54) is 6.07 Å². The van der Waals surface area contributed by atoms with Crippen molar-refractivity contribution in [1.29, 1.82) is 5.26 Å². The van der Waals surface area contributed by atoms with Gasteiger partial charge in [0.1, 0.15) is 0 Å². The number of nitrogens with two attached hydrogens (primary N) is 2. The third kappa shape index (κ3) is 2.08. The first-order valence-electron chi connectivity index (χ1n) is 4.38. The highest BCUT2D eigenvalue weighted by Crippen LogP contribution is 2.33. The number of hydrogen-bond acceptors (Lipinski definition) is 6. The maximum absolute atomic E-state index is 10.6. The van der Waals surface area contributed by atoms with Gasteiger partial charge in [-0.25, -0.2) is 0 Å². The van der Waals surface area contributed by atoms with Crippen LogP contribution in [0.5, 0.6) is 5.75 Å². The number of nitro benzene ring substituents is 1. The van der Waals surface area contributed by atoms with Crippen LogP contribution in [0.3, 0.4) is 0 Å². The van der Waals surface area contributed by atoms with E-state index >= 15 is 0 Å². The molecule has 0 heterocycles. The Balaban J connectivity index is 3.44. The van der Waals surface area contributed by atoms with Crippen molar-refractivity contribution in [1.82, 2.24) is 0 Å². The molecule has 0 bridgehead atoms. The summed E-state index contributed by atoms with van der Waals surface area (Å²) in [5.41, 5.74) is 10.5. The van der Waals surface area contributed by atoms with Gasteiger partial charge in [0, 0.05) is 24.2 Å². The minimum absolute atomic E-state index is 0.0135. The Labute approximate surface area is 91.0 Å². The van der Waals surface area contributed by atoms with Gasteiger partial charge in [-0.2, -0.15) is 5.26 Å². The summed E-state index contributed by atoms with van der Waals surface area (Å²) >= 11 is 0. The lowest BCUT2D eigenvalue weighted by Gasteiger charge is -2.11. The fraction of sp³-hybridized carbons (Fsp3) is 0.222. The molecule has 0 spiro atoms. The van der Waals surface area contributed by atoms with Crippen LogP contribution >= 0.6 is 0 Å². The molecule has 84 valence electrons. The zero-order valence-corrected chi connectivity index (χ0v) is 8.25. The van der Waals surface area contributed by atoms with Gasteiger partial charge in [-0.3, -0.25) is 10.1 Å². The van der Waals surface area contributed by atoms with E-state index in [0.717, 1.165) is 6.07 Å². The van der Waals surface area contributed by atoms with Crippen molar-refractivity contribution in [3.63, 3.8) is 0 Å². The third-order valence-electron chi connectivity index (χ3n) is 2.10. The maximum atomic E-state index is 10.6. The largest absolute Gasteiger partial charge is 0.502 e. The fourth-order valence-electron chi connectivity index (χ4n) is 1.25. The molecule has 7 heteroatoms. The van der Waals surface area contributed by atoms with Crippen LogP contribution in [0.25, 0.3) is 0 Å². The van der Waals surface area contributed by atoms with E-state index in [1.54, 1.807) is 6.07 Å². The van der Waals surface area contributed by atoms with E-state index in [2.05, 4.69) is 0 Å². The number of rotatable bonds is 3. The number of aromatic hydroxyl groups is 1. The van der Waals surface area contributed by atoms with Crippen molar-refractivity contribution in [3.8, 4) is 11.8 Å². The van der Waals surface area contributed by atoms with Crippen LogP contribution in [0.4, 0.5) is 5.69 Å². The molecular weight excluding hydrogens is 212 g/mol. The lowest BCUT2D eigenvalue weighted by Crippen LogP contribution is -2.21. The Morgan fingerprint density at radius 1 is 1.62 bits per heavy atom. The minimum Gasteiger partial charge on any atom is -0.502 e. The molecular formula is C9H10N4O3. The molecule has 16 heavy (non-hydrogen) atoms. The van der Waals surface area contributed by atoms with Crippen LogP contribution in [0.1, 0.15) is 17.2 Å². The summed E-state index contributed by atoms with van der Waals surface area (Å²) in [6.45, 7) is 0.0135. The predicted octanol–water partition coefficient (Wildman–Crippen LogP) is 0.131. The molecule has 0 saturated carbocycles. The lowest BCUT2D eigenvalue weighted by molar-refractivity contribution is -0.386. The fourth-order valence-corrected chi connectivity index (χ4v) is 1.25. The van der Waals surface area contributed by atoms with Crippen molar-refractivity contribution >= 4 is 5.69 Å². The molecule has 1 aromatic carbocycles. The van der Waals surface area contributed by atoms with Gasteiger partial charge in [-0.1, -0.05) is 0 Å². The lowest BCUT2D eigenvalue weighted by atomic mass is 10.0. The third-order valence-corrected chi connectivity index (χ3v) is 2.10. The Morgan fingerprint density at radius 3 is 2.69 bits per heavy atom. The van der Waals surface area contributed by atoms with Crippen LogP contribution in [0.2, 0.25) is 0 Å². The van der Waals surface area contributed by atoms with Crippen molar-refractivity contribution < 1.29 is 10.0 Å². The van der Waals surface area contributed by atoms with Crippen LogP contribution in [-0.4, -0.2) is 16.6 Å². The number of nitriles is 1. The van der Waals surface area contributed by atoms with Crippen LogP contribution in [0, 0.1) is 21.4 Å². The SMILES string of the molecule is N#Cc1cc([C@@H](N)CN)c(O)c([N+](=O)[O-])c1. The van der Waals surface area contributed by atoms with Crippen LogP contribution in [0.15, 0.2) is 12.1 Å². The number of benzene rings is 1. The molecule has 7 nitrogen and oxygen atoms in total. The summed E-state index contributed by atoms with van der Waals surface area (Å²) in [7, 11) is 0. The average molecular weight is 222 g/mol. The summed E-state index contributed by atoms with van der Waals surface area (Å²) in [6, 6.07) is 3.29. The first-order valence-corrected chi connectivity index (χ1v) is 4.38. The molecule has 5 N–H and O–H groups in total. The van der Waals surface area contributed by atoms with Crippen molar-refractivity contribution in [2.24, 2.45) is 11.5 Å². The highest BCUT2D eigenvalue weighted by Gasteiger charge is 2.21. The molecule has 0 aliphatic carbocycles. The van der Waals surface area contributed by atoms with Crippen LogP contribution in [-0.2, 0) is 0 Å². The van der Waals surface area contributed by atoms with Gasteiger partial charge in [0.15, 0.2) is 5.75 Å². The molecule has 1 atom stereocenters. The Hall–Kier alpha value is -2.17. The number of phenolic OH excluding ortho intramolecular Hbond substituents is 1. The van der Waals surface area contributed by atoms with Gasteiger partial charge in [-0.15, -0.1) is 0 Å². The molecule has 1 aromatic rings. The summed E-state index contributed by atoms with van der Waals surface area (Å²) in [4.78, 5) is 9.84. The summed E-state index contributed by atoms with van der Waals surface area (Å²) in [5.74, 6) is -0.540. The molecule has 0 saturated heterocycles. The minimum atomic E-state index is -0.775. The molecule has 0 aliphatic heterocycles. The van der Waals surface area contributed by atoms with E-state index in [1.807, 2.05) is 0 Å². The highest BCUT2D eigenvalue weighted by molar-refractivity contribution is 5.56. The summed E-state index contributed by atoms with van der Waals surface area (Å²) < 4.78 is 0. The molecule has 0 fully saturated rings. The second-order valence-corrected chi connectivity index (χ2v) is 3.14. The van der Waals surface area contributed by atoms with Gasteiger partial charge in [0.05, 0.1) is 16.6 Å². The maximum Gasteiger partial charge on any atom is 0.312 e. The van der Waals surface area contributed by atoms with Crippen LogP contribution < -0.4 is 11.5 Å². The molecule has 0 radical (unpaired) electrons. The summed E-state index contributed by atoms with van der Waals surface area (Å²) in [5, 5.41) is 28.9. The molecule has 1 rings (SSSR count). The summed E-state index contributed by atoms with van der Waals surface area (Å²) in [6.07, 6.45) is 0. The standard InChI is InChI=1S/C9H10N4O3/c10-3-5-1-6(7(12)4-11)9(14)8(2-5)13(15)16/h1-2,7,14H,4,11-12H2/t7-/m0/s1. The van der Waals surface area contributed by atoms with Crippen molar-refractivity contribution in [3.05, 3.63) is 33.4 Å². The first-order chi connectivity index (χ1) is 7.51. The Morgan fingerprint density at radius 2 is 2.25 bits per heavy atom. The van der Waals surface area contributed by atoms with E-state index < -0.39 is 22.4 Å². The van der Waals surface area contributed by atoms with Crippen molar-refractivity contribution in [2.45, 2.75) is 6.04 Å². The zero-order valence-electron chi connectivity index (χ0n) is 8.25. The van der Waals surface area contributed by atoms with Gasteiger partial charge >= 0.3 is 5.69 Å². The zero-order chi connectivity index (χ0) is 12.3. The predicted molar refractivity (Wildman–Crippen MR) is 55.5 cm³/mol. The van der Waals surface area contributed by atoms with E-state index in [0.29, 0.717) is 0 Å². The van der Waals surface area contributed by atoms with Gasteiger partial charge in [0.25, 0.3) is 0 Å². The smallest absolute Gasteiger partial charge is 0.312 e. The topological polar surface area (TPSA) is 139 Å².